The number of rotatable bonds is 7. The Labute approximate surface area is 167 Å². The SMILES string of the molecule is CCSc1ncc2c(=O)n([C@H](CC)C(=O)NCc3ccc(C)cc3)cnc2n1. The van der Waals surface area contributed by atoms with Crippen LogP contribution in [0.25, 0.3) is 11.0 Å². The quantitative estimate of drug-likeness (QED) is 0.487. The van der Waals surface area contributed by atoms with E-state index in [-0.39, 0.29) is 11.5 Å². The van der Waals surface area contributed by atoms with Crippen LogP contribution >= 0.6 is 11.8 Å². The minimum absolute atomic E-state index is 0.217. The van der Waals surface area contributed by atoms with E-state index >= 15 is 0 Å². The zero-order valence-electron chi connectivity index (χ0n) is 16.2. The zero-order chi connectivity index (χ0) is 20.1. The highest BCUT2D eigenvalue weighted by Gasteiger charge is 2.21. The molecule has 0 bridgehead atoms. The van der Waals surface area contributed by atoms with Crippen molar-refractivity contribution in [2.24, 2.45) is 0 Å². The molecule has 2 aromatic heterocycles. The van der Waals surface area contributed by atoms with Crippen molar-refractivity contribution in [1.29, 1.82) is 0 Å². The van der Waals surface area contributed by atoms with Gasteiger partial charge in [-0.3, -0.25) is 14.2 Å². The van der Waals surface area contributed by atoms with Gasteiger partial charge >= 0.3 is 0 Å². The van der Waals surface area contributed by atoms with Crippen molar-refractivity contribution < 1.29 is 4.79 Å². The maximum Gasteiger partial charge on any atom is 0.265 e. The second-order valence-electron chi connectivity index (χ2n) is 6.41. The van der Waals surface area contributed by atoms with Gasteiger partial charge in [-0.25, -0.2) is 15.0 Å². The molecule has 0 aliphatic heterocycles. The maximum absolute atomic E-state index is 12.9. The molecule has 146 valence electrons. The van der Waals surface area contributed by atoms with Crippen LogP contribution in [-0.4, -0.2) is 31.2 Å². The largest absolute Gasteiger partial charge is 0.350 e. The van der Waals surface area contributed by atoms with E-state index in [0.717, 1.165) is 16.9 Å². The Morgan fingerprint density at radius 3 is 2.64 bits per heavy atom. The molecular formula is C20H23N5O2S. The zero-order valence-corrected chi connectivity index (χ0v) is 17.0. The van der Waals surface area contributed by atoms with Crippen molar-refractivity contribution in [2.45, 2.75) is 44.9 Å². The highest BCUT2D eigenvalue weighted by molar-refractivity contribution is 7.99. The van der Waals surface area contributed by atoms with Crippen LogP contribution in [0.4, 0.5) is 0 Å². The van der Waals surface area contributed by atoms with Gasteiger partial charge in [0.05, 0.1) is 0 Å². The van der Waals surface area contributed by atoms with Gasteiger partial charge in [0.2, 0.25) is 5.91 Å². The molecule has 8 heteroatoms. The Morgan fingerprint density at radius 2 is 1.96 bits per heavy atom. The molecular weight excluding hydrogens is 374 g/mol. The Morgan fingerprint density at radius 1 is 1.21 bits per heavy atom. The molecule has 1 amide bonds. The third-order valence-electron chi connectivity index (χ3n) is 4.40. The van der Waals surface area contributed by atoms with Gasteiger partial charge < -0.3 is 5.32 Å². The summed E-state index contributed by atoms with van der Waals surface area (Å²) in [5, 5.41) is 3.81. The highest BCUT2D eigenvalue weighted by Crippen LogP contribution is 2.15. The average Bonchev–Trinajstić information content (AvgIpc) is 2.70. The predicted molar refractivity (Wildman–Crippen MR) is 110 cm³/mol. The van der Waals surface area contributed by atoms with Crippen LogP contribution in [0.3, 0.4) is 0 Å². The molecule has 0 saturated carbocycles. The summed E-state index contributed by atoms with van der Waals surface area (Å²) in [4.78, 5) is 38.4. The molecule has 0 saturated heterocycles. The first-order valence-corrected chi connectivity index (χ1v) is 10.2. The molecule has 0 aliphatic carbocycles. The molecule has 0 aliphatic rings. The molecule has 0 spiro atoms. The van der Waals surface area contributed by atoms with Crippen LogP contribution in [0.5, 0.6) is 0 Å². The molecule has 1 atom stereocenters. The standard InChI is InChI=1S/C20H23N5O2S/c1-4-16(18(26)21-10-14-8-6-13(3)7-9-14)25-12-23-17-15(19(25)27)11-22-20(24-17)28-5-2/h6-9,11-12,16H,4-5,10H2,1-3H3,(H,21,26)/t16-/m1/s1. The number of aryl methyl sites for hydroxylation is 1. The number of amides is 1. The van der Waals surface area contributed by atoms with E-state index in [0.29, 0.717) is 29.2 Å². The third kappa shape index (κ3) is 4.39. The molecule has 0 fully saturated rings. The van der Waals surface area contributed by atoms with Gasteiger partial charge in [-0.1, -0.05) is 55.4 Å². The summed E-state index contributed by atoms with van der Waals surface area (Å²) < 4.78 is 1.36. The molecule has 3 aromatic rings. The molecule has 7 nitrogen and oxygen atoms in total. The Bertz CT molecular complexity index is 1030. The van der Waals surface area contributed by atoms with E-state index in [1.54, 1.807) is 0 Å². The van der Waals surface area contributed by atoms with E-state index in [2.05, 4.69) is 20.3 Å². The summed E-state index contributed by atoms with van der Waals surface area (Å²) >= 11 is 1.49. The first-order valence-electron chi connectivity index (χ1n) is 9.23. The fourth-order valence-electron chi connectivity index (χ4n) is 2.86. The highest BCUT2D eigenvalue weighted by atomic mass is 32.2. The normalized spacial score (nSPS) is 12.1. The Balaban J connectivity index is 1.82. The lowest BCUT2D eigenvalue weighted by atomic mass is 10.1. The second-order valence-corrected chi connectivity index (χ2v) is 7.64. The average molecular weight is 398 g/mol. The van der Waals surface area contributed by atoms with Gasteiger partial charge in [-0.2, -0.15) is 0 Å². The number of nitrogens with zero attached hydrogens (tertiary/aromatic N) is 4. The summed E-state index contributed by atoms with van der Waals surface area (Å²) in [6.45, 7) is 6.29. The first kappa shape index (κ1) is 20.0. The van der Waals surface area contributed by atoms with E-state index in [1.165, 1.54) is 28.9 Å². The lowest BCUT2D eigenvalue weighted by Gasteiger charge is -2.18. The fourth-order valence-corrected chi connectivity index (χ4v) is 3.39. The number of carbonyl (C=O) groups is 1. The molecule has 3 rings (SSSR count). The van der Waals surface area contributed by atoms with Gasteiger partial charge in [0.1, 0.15) is 17.8 Å². The lowest BCUT2D eigenvalue weighted by molar-refractivity contribution is -0.124. The van der Waals surface area contributed by atoms with Gasteiger partial charge in [0, 0.05) is 12.7 Å². The summed E-state index contributed by atoms with van der Waals surface area (Å²) in [5.74, 6) is 0.618. The van der Waals surface area contributed by atoms with Gasteiger partial charge in [-0.05, 0) is 24.7 Å². The second kappa shape index (κ2) is 8.97. The van der Waals surface area contributed by atoms with Crippen LogP contribution < -0.4 is 10.9 Å². The van der Waals surface area contributed by atoms with E-state index in [9.17, 15) is 9.59 Å². The molecule has 0 unspecified atom stereocenters. The van der Waals surface area contributed by atoms with Gasteiger partial charge in [-0.15, -0.1) is 0 Å². The van der Waals surface area contributed by atoms with Crippen LogP contribution in [0, 0.1) is 6.92 Å². The molecule has 2 heterocycles. The number of hydrogen-bond acceptors (Lipinski definition) is 6. The molecule has 0 radical (unpaired) electrons. The van der Waals surface area contributed by atoms with E-state index < -0.39 is 6.04 Å². The maximum atomic E-state index is 12.9. The van der Waals surface area contributed by atoms with Crippen LogP contribution in [0.15, 0.2) is 46.7 Å². The summed E-state index contributed by atoms with van der Waals surface area (Å²) in [6, 6.07) is 7.32. The number of nitrogens with one attached hydrogen (secondary N) is 1. The van der Waals surface area contributed by atoms with Crippen molar-refractivity contribution in [3.05, 3.63) is 58.3 Å². The Kier molecular flexibility index (Phi) is 6.41. The summed E-state index contributed by atoms with van der Waals surface area (Å²) in [6.07, 6.45) is 3.36. The smallest absolute Gasteiger partial charge is 0.265 e. The van der Waals surface area contributed by atoms with Crippen LogP contribution in [0.1, 0.15) is 37.4 Å². The number of benzene rings is 1. The topological polar surface area (TPSA) is 89.8 Å². The summed E-state index contributed by atoms with van der Waals surface area (Å²) in [7, 11) is 0. The number of thioether (sulfide) groups is 1. The number of carbonyl (C=O) groups excluding carboxylic acids is 1. The lowest BCUT2D eigenvalue weighted by Crippen LogP contribution is -2.37. The van der Waals surface area contributed by atoms with Gasteiger partial charge in [0.15, 0.2) is 10.8 Å². The number of aromatic nitrogens is 4. The number of fused-ring (bicyclic) bond motifs is 1. The van der Waals surface area contributed by atoms with Gasteiger partial charge in [0.25, 0.3) is 5.56 Å². The monoisotopic (exact) mass is 397 g/mol. The van der Waals surface area contributed by atoms with E-state index in [4.69, 9.17) is 0 Å². The Hall–Kier alpha value is -2.74. The van der Waals surface area contributed by atoms with E-state index in [1.807, 2.05) is 45.0 Å². The summed E-state index contributed by atoms with van der Waals surface area (Å²) in [5.41, 5.74) is 2.21. The number of hydrogen-bond donors (Lipinski definition) is 1. The van der Waals surface area contributed by atoms with Crippen LogP contribution in [0.2, 0.25) is 0 Å². The van der Waals surface area contributed by atoms with Crippen molar-refractivity contribution in [3.63, 3.8) is 0 Å². The van der Waals surface area contributed by atoms with Crippen molar-refractivity contribution in [1.82, 2.24) is 24.8 Å². The van der Waals surface area contributed by atoms with Crippen LogP contribution in [-0.2, 0) is 11.3 Å². The van der Waals surface area contributed by atoms with Crippen molar-refractivity contribution in [2.75, 3.05) is 5.75 Å². The van der Waals surface area contributed by atoms with Crippen molar-refractivity contribution >= 4 is 28.7 Å². The third-order valence-corrected chi connectivity index (χ3v) is 5.15. The fraction of sp³-hybridized carbons (Fsp3) is 0.350. The van der Waals surface area contributed by atoms with Crippen molar-refractivity contribution in [3.8, 4) is 0 Å². The first-order chi connectivity index (χ1) is 13.5. The molecule has 1 N–H and O–H groups in total. The minimum atomic E-state index is -0.639. The minimum Gasteiger partial charge on any atom is -0.350 e. The predicted octanol–water partition coefficient (Wildman–Crippen LogP) is 2.87. The molecule has 28 heavy (non-hydrogen) atoms. The molecule has 1 aromatic carbocycles.